The molecule has 2 N–H and O–H groups in total. The van der Waals surface area contributed by atoms with Gasteiger partial charge in [-0.05, 0) is 5.56 Å². The molecule has 74 valence electrons. The van der Waals surface area contributed by atoms with Crippen molar-refractivity contribution < 1.29 is 14.5 Å². The molecule has 2 atom stereocenters. The van der Waals surface area contributed by atoms with Crippen molar-refractivity contribution in [2.24, 2.45) is 0 Å². The average molecular weight is 212 g/mol. The van der Waals surface area contributed by atoms with Crippen molar-refractivity contribution in [1.29, 1.82) is 0 Å². The van der Waals surface area contributed by atoms with E-state index in [2.05, 4.69) is 5.09 Å². The highest BCUT2D eigenvalue weighted by atomic mass is 31.1. The summed E-state index contributed by atoms with van der Waals surface area (Å²) < 4.78 is 10.3. The Hall–Kier alpha value is -1.25. The number of carboxylic acid groups (broad SMARTS) is 1. The molecule has 0 aliphatic heterocycles. The van der Waals surface area contributed by atoms with Gasteiger partial charge in [-0.2, -0.15) is 0 Å². The fourth-order valence-electron chi connectivity index (χ4n) is 1.12. The molecule has 0 spiro atoms. The summed E-state index contributed by atoms with van der Waals surface area (Å²) in [4.78, 5) is 10.7. The van der Waals surface area contributed by atoms with Gasteiger partial charge >= 0.3 is 14.6 Å². The normalized spacial score (nSPS) is 12.6. The number of hydrogen-bond donors (Lipinski definition) is 2. The molecule has 0 bridgehead atoms. The minimum atomic E-state index is -0.989. The van der Waals surface area contributed by atoms with Gasteiger partial charge in [-0.25, -0.2) is 0 Å². The highest BCUT2D eigenvalue weighted by Gasteiger charge is 2.20. The van der Waals surface area contributed by atoms with Crippen LogP contribution in [0.25, 0.3) is 0 Å². The lowest BCUT2D eigenvalue weighted by Crippen LogP contribution is -2.32. The van der Waals surface area contributed by atoms with Crippen LogP contribution in [0.1, 0.15) is 5.56 Å². The summed E-state index contributed by atoms with van der Waals surface area (Å²) >= 11 is 0. The molecule has 5 heteroatoms. The topological polar surface area (TPSA) is 66.4 Å². The molecule has 2 unspecified atom stereocenters. The van der Waals surface area contributed by atoms with Crippen LogP contribution in [0.4, 0.5) is 0 Å². The lowest BCUT2D eigenvalue weighted by atomic mass is 10.1. The number of carbonyl (C=O) groups is 1. The van der Waals surface area contributed by atoms with Gasteiger partial charge in [0.1, 0.15) is 0 Å². The number of hydrogen-bond acceptors (Lipinski definition) is 2. The standard InChI is InChI=1S/C9H10NO3P/c11-9(12)8(10-14-13)6-7-4-2-1-3-5-7/h1-5,8H,6H2,(H,10,13)(H,11,12)/p+1. The predicted molar refractivity (Wildman–Crippen MR) is 53.7 cm³/mol. The Kier molecular flexibility index (Phi) is 4.23. The lowest BCUT2D eigenvalue weighted by molar-refractivity contribution is -0.138. The molecule has 14 heavy (non-hydrogen) atoms. The van der Waals surface area contributed by atoms with Gasteiger partial charge in [-0.15, -0.1) is 0 Å². The van der Waals surface area contributed by atoms with Crippen molar-refractivity contribution in [1.82, 2.24) is 5.09 Å². The molecular weight excluding hydrogens is 201 g/mol. The van der Waals surface area contributed by atoms with Crippen LogP contribution in [-0.2, 0) is 15.8 Å². The van der Waals surface area contributed by atoms with Gasteiger partial charge in [0.25, 0.3) is 0 Å². The van der Waals surface area contributed by atoms with E-state index < -0.39 is 20.6 Å². The first-order chi connectivity index (χ1) is 6.74. The van der Waals surface area contributed by atoms with E-state index in [-0.39, 0.29) is 0 Å². The molecule has 0 fully saturated rings. The minimum absolute atomic E-state index is 0.339. The Balaban J connectivity index is 2.64. The third-order valence-corrected chi connectivity index (χ3v) is 2.28. The molecule has 1 rings (SSSR count). The van der Waals surface area contributed by atoms with Gasteiger partial charge in [0.15, 0.2) is 6.04 Å². The van der Waals surface area contributed by atoms with Crippen molar-refractivity contribution in [2.45, 2.75) is 12.5 Å². The van der Waals surface area contributed by atoms with Gasteiger partial charge in [0.05, 0.1) is 0 Å². The molecule has 0 heterocycles. The minimum Gasteiger partial charge on any atom is -0.480 e. The number of nitrogens with one attached hydrogen (secondary N) is 1. The Bertz CT molecular complexity index is 315. The molecule has 0 aliphatic rings. The van der Waals surface area contributed by atoms with E-state index in [1.165, 1.54) is 0 Å². The lowest BCUT2D eigenvalue weighted by Gasteiger charge is -2.05. The van der Waals surface area contributed by atoms with Crippen molar-refractivity contribution in [3.63, 3.8) is 0 Å². The number of aliphatic carboxylic acids is 1. The molecule has 0 amide bonds. The molecule has 0 saturated carbocycles. The van der Waals surface area contributed by atoms with Gasteiger partial charge < -0.3 is 5.11 Å². The summed E-state index contributed by atoms with van der Waals surface area (Å²) in [6.07, 6.45) is 0.339. The summed E-state index contributed by atoms with van der Waals surface area (Å²) in [5, 5.41) is 11.2. The molecule has 0 saturated heterocycles. The summed E-state index contributed by atoms with van der Waals surface area (Å²) in [6.45, 7) is 0. The maximum atomic E-state index is 10.7. The van der Waals surface area contributed by atoms with E-state index in [9.17, 15) is 9.36 Å². The van der Waals surface area contributed by atoms with E-state index in [1.807, 2.05) is 30.3 Å². The summed E-state index contributed by atoms with van der Waals surface area (Å²) in [5.41, 5.74) is 0.908. The van der Waals surface area contributed by atoms with E-state index in [0.717, 1.165) is 5.56 Å². The number of carboxylic acids is 1. The van der Waals surface area contributed by atoms with Crippen LogP contribution < -0.4 is 5.09 Å². The zero-order valence-electron chi connectivity index (χ0n) is 7.43. The van der Waals surface area contributed by atoms with Gasteiger partial charge in [0, 0.05) is 6.42 Å². The molecule has 1 aromatic rings. The summed E-state index contributed by atoms with van der Waals surface area (Å²) in [7, 11) is -0.798. The monoisotopic (exact) mass is 212 g/mol. The molecule has 0 radical (unpaired) electrons. The molecule has 0 aliphatic carbocycles. The van der Waals surface area contributed by atoms with Crippen molar-refractivity contribution >= 4 is 14.6 Å². The fraction of sp³-hybridized carbons (Fsp3) is 0.222. The Morgan fingerprint density at radius 1 is 1.43 bits per heavy atom. The van der Waals surface area contributed by atoms with Crippen LogP contribution in [0, 0.1) is 0 Å². The third kappa shape index (κ3) is 3.24. The van der Waals surface area contributed by atoms with Crippen LogP contribution >= 0.6 is 8.61 Å². The number of rotatable bonds is 5. The van der Waals surface area contributed by atoms with Gasteiger partial charge in [-0.3, -0.25) is 4.79 Å². The second-order valence-corrected chi connectivity index (χ2v) is 3.32. The van der Waals surface area contributed by atoms with Crippen LogP contribution in [0.3, 0.4) is 0 Å². The predicted octanol–water partition coefficient (Wildman–Crippen LogP) is 1.21. The maximum Gasteiger partial charge on any atom is 0.419 e. The largest absolute Gasteiger partial charge is 0.480 e. The fourth-order valence-corrected chi connectivity index (χ4v) is 1.49. The first kappa shape index (κ1) is 10.8. The summed E-state index contributed by atoms with van der Waals surface area (Å²) in [6, 6.07) is 8.44. The second-order valence-electron chi connectivity index (χ2n) is 2.83. The Labute approximate surface area is 83.2 Å². The van der Waals surface area contributed by atoms with E-state index in [4.69, 9.17) is 5.11 Å². The number of benzene rings is 1. The van der Waals surface area contributed by atoms with Crippen molar-refractivity contribution in [3.05, 3.63) is 35.9 Å². The molecule has 1 aromatic carbocycles. The SMILES string of the molecule is O=[PH+]NC(Cc1ccccc1)C(=O)O. The summed E-state index contributed by atoms with van der Waals surface area (Å²) in [5.74, 6) is -0.989. The van der Waals surface area contributed by atoms with Gasteiger partial charge in [0.2, 0.25) is 0 Å². The average Bonchev–Trinajstić information content (AvgIpc) is 2.18. The second kappa shape index (κ2) is 5.47. The van der Waals surface area contributed by atoms with Crippen LogP contribution in [-0.4, -0.2) is 17.1 Å². The third-order valence-electron chi connectivity index (χ3n) is 1.81. The van der Waals surface area contributed by atoms with Crippen LogP contribution in [0.5, 0.6) is 0 Å². The maximum absolute atomic E-state index is 10.7. The van der Waals surface area contributed by atoms with E-state index >= 15 is 0 Å². The zero-order valence-corrected chi connectivity index (χ0v) is 8.43. The Morgan fingerprint density at radius 3 is 2.57 bits per heavy atom. The molecule has 4 nitrogen and oxygen atoms in total. The zero-order chi connectivity index (χ0) is 10.4. The van der Waals surface area contributed by atoms with Gasteiger partial charge in [-0.1, -0.05) is 40.0 Å². The van der Waals surface area contributed by atoms with Crippen LogP contribution in [0.2, 0.25) is 0 Å². The van der Waals surface area contributed by atoms with E-state index in [1.54, 1.807) is 0 Å². The van der Waals surface area contributed by atoms with Crippen molar-refractivity contribution in [2.75, 3.05) is 0 Å². The smallest absolute Gasteiger partial charge is 0.419 e. The first-order valence-corrected chi connectivity index (χ1v) is 5.04. The quantitative estimate of drug-likeness (QED) is 0.720. The Morgan fingerprint density at radius 2 is 2.07 bits per heavy atom. The highest BCUT2D eigenvalue weighted by molar-refractivity contribution is 7.21. The molecule has 0 aromatic heterocycles. The van der Waals surface area contributed by atoms with Crippen LogP contribution in [0.15, 0.2) is 30.3 Å². The molecular formula is C9H11NO3P+. The highest BCUT2D eigenvalue weighted by Crippen LogP contribution is 2.05. The van der Waals surface area contributed by atoms with E-state index in [0.29, 0.717) is 6.42 Å². The van der Waals surface area contributed by atoms with Crippen molar-refractivity contribution in [3.8, 4) is 0 Å². The first-order valence-electron chi connectivity index (χ1n) is 4.13.